The number of likely N-dealkylation sites (tertiary alicyclic amines) is 1. The molecule has 0 bridgehead atoms. The predicted octanol–water partition coefficient (Wildman–Crippen LogP) is 2.85. The third-order valence-corrected chi connectivity index (χ3v) is 4.61. The fourth-order valence-corrected chi connectivity index (χ4v) is 3.27. The van der Waals surface area contributed by atoms with Crippen molar-refractivity contribution in [1.29, 1.82) is 0 Å². The summed E-state index contributed by atoms with van der Waals surface area (Å²) in [6.07, 6.45) is 7.27. The summed E-state index contributed by atoms with van der Waals surface area (Å²) in [6, 6.07) is 8.07. The Morgan fingerprint density at radius 2 is 2.10 bits per heavy atom. The van der Waals surface area contributed by atoms with Gasteiger partial charge in [-0.1, -0.05) is 24.3 Å². The van der Waals surface area contributed by atoms with Crippen molar-refractivity contribution < 1.29 is 4.79 Å². The average Bonchev–Trinajstić information content (AvgIpc) is 2.90. The van der Waals surface area contributed by atoms with E-state index < -0.39 is 0 Å². The van der Waals surface area contributed by atoms with Crippen LogP contribution < -0.4 is 0 Å². The van der Waals surface area contributed by atoms with Gasteiger partial charge in [-0.25, -0.2) is 4.98 Å². The van der Waals surface area contributed by atoms with Gasteiger partial charge in [0.05, 0.1) is 17.0 Å². The number of carbonyl (C=O) groups is 1. The molecule has 108 valence electrons. The van der Waals surface area contributed by atoms with Gasteiger partial charge in [0.15, 0.2) is 0 Å². The first-order valence-electron chi connectivity index (χ1n) is 7.69. The number of hydrogen-bond donors (Lipinski definition) is 1. The van der Waals surface area contributed by atoms with E-state index in [0.717, 1.165) is 49.2 Å². The topological polar surface area (TPSA) is 49.0 Å². The molecular formula is C17H19N3O. The van der Waals surface area contributed by atoms with E-state index in [2.05, 4.69) is 22.1 Å². The summed E-state index contributed by atoms with van der Waals surface area (Å²) in [4.78, 5) is 22.4. The van der Waals surface area contributed by atoms with Crippen LogP contribution in [0.5, 0.6) is 0 Å². The number of rotatable bonds is 2. The minimum Gasteiger partial charge on any atom is -0.342 e. The SMILES string of the molecule is O=C(C1CC=CCC1)N1CC(c2nc3ccccc3[nH]2)C1. The summed E-state index contributed by atoms with van der Waals surface area (Å²) in [6.45, 7) is 1.61. The molecule has 4 nitrogen and oxygen atoms in total. The standard InChI is InChI=1S/C17H19N3O/c21-17(12-6-2-1-3-7-12)20-10-13(11-20)16-18-14-8-4-5-9-15(14)19-16/h1-2,4-5,8-9,12-13H,3,6-7,10-11H2,(H,18,19). The maximum atomic E-state index is 12.4. The zero-order chi connectivity index (χ0) is 14.2. The van der Waals surface area contributed by atoms with E-state index in [9.17, 15) is 4.79 Å². The van der Waals surface area contributed by atoms with Crippen molar-refractivity contribution in [3.8, 4) is 0 Å². The van der Waals surface area contributed by atoms with E-state index in [1.165, 1.54) is 0 Å². The van der Waals surface area contributed by atoms with Crippen LogP contribution in [0, 0.1) is 5.92 Å². The van der Waals surface area contributed by atoms with Crippen molar-refractivity contribution in [3.05, 3.63) is 42.2 Å². The molecule has 2 heterocycles. The molecule has 1 saturated heterocycles. The number of carbonyl (C=O) groups excluding carboxylic acids is 1. The highest BCUT2D eigenvalue weighted by Crippen LogP contribution is 2.30. The smallest absolute Gasteiger partial charge is 0.226 e. The number of imidazole rings is 1. The van der Waals surface area contributed by atoms with Gasteiger partial charge in [0.1, 0.15) is 5.82 Å². The lowest BCUT2D eigenvalue weighted by atomic mass is 9.90. The van der Waals surface area contributed by atoms with Crippen LogP contribution in [0.15, 0.2) is 36.4 Å². The van der Waals surface area contributed by atoms with Gasteiger partial charge in [0.25, 0.3) is 0 Å². The Bertz CT molecular complexity index is 664. The molecular weight excluding hydrogens is 262 g/mol. The van der Waals surface area contributed by atoms with E-state index in [0.29, 0.717) is 11.8 Å². The number of nitrogens with one attached hydrogen (secondary N) is 1. The minimum absolute atomic E-state index is 0.201. The maximum absolute atomic E-state index is 12.4. The zero-order valence-electron chi connectivity index (χ0n) is 12.0. The lowest BCUT2D eigenvalue weighted by Crippen LogP contribution is -2.51. The summed E-state index contributed by atoms with van der Waals surface area (Å²) in [5.41, 5.74) is 2.09. The molecule has 0 spiro atoms. The molecule has 1 aromatic carbocycles. The van der Waals surface area contributed by atoms with E-state index in [-0.39, 0.29) is 5.92 Å². The first kappa shape index (κ1) is 12.6. The second kappa shape index (κ2) is 5.02. The number of nitrogens with zero attached hydrogens (tertiary/aromatic N) is 2. The first-order valence-corrected chi connectivity index (χ1v) is 7.69. The Hall–Kier alpha value is -2.10. The van der Waals surface area contributed by atoms with Crippen LogP contribution >= 0.6 is 0 Å². The third kappa shape index (κ3) is 2.24. The van der Waals surface area contributed by atoms with E-state index in [4.69, 9.17) is 0 Å². The highest BCUT2D eigenvalue weighted by Gasteiger charge is 2.36. The molecule has 1 aromatic heterocycles. The number of hydrogen-bond acceptors (Lipinski definition) is 2. The van der Waals surface area contributed by atoms with Crippen molar-refractivity contribution >= 4 is 16.9 Å². The molecule has 2 aliphatic rings. The average molecular weight is 281 g/mol. The van der Waals surface area contributed by atoms with E-state index in [1.54, 1.807) is 0 Å². The molecule has 0 radical (unpaired) electrons. The summed E-state index contributed by atoms with van der Waals surface area (Å²) in [7, 11) is 0. The van der Waals surface area contributed by atoms with Gasteiger partial charge in [-0.3, -0.25) is 4.79 Å². The van der Waals surface area contributed by atoms with Crippen molar-refractivity contribution in [2.45, 2.75) is 25.2 Å². The second-order valence-corrected chi connectivity index (χ2v) is 6.06. The minimum atomic E-state index is 0.201. The number of H-pyrrole nitrogens is 1. The van der Waals surface area contributed by atoms with E-state index in [1.807, 2.05) is 29.2 Å². The molecule has 0 saturated carbocycles. The number of aromatic amines is 1. The third-order valence-electron chi connectivity index (χ3n) is 4.61. The summed E-state index contributed by atoms with van der Waals surface area (Å²) >= 11 is 0. The van der Waals surface area contributed by atoms with Gasteiger partial charge in [0.2, 0.25) is 5.91 Å². The quantitative estimate of drug-likeness (QED) is 0.860. The first-order chi connectivity index (χ1) is 10.3. The molecule has 1 N–H and O–H groups in total. The molecule has 1 unspecified atom stereocenters. The molecule has 2 aromatic rings. The molecule has 1 fully saturated rings. The maximum Gasteiger partial charge on any atom is 0.226 e. The second-order valence-electron chi connectivity index (χ2n) is 6.06. The predicted molar refractivity (Wildman–Crippen MR) is 81.9 cm³/mol. The van der Waals surface area contributed by atoms with Gasteiger partial charge in [-0.05, 0) is 31.4 Å². The Morgan fingerprint density at radius 3 is 2.86 bits per heavy atom. The summed E-state index contributed by atoms with van der Waals surface area (Å²) in [5.74, 6) is 1.91. The number of fused-ring (bicyclic) bond motifs is 1. The Morgan fingerprint density at radius 1 is 1.24 bits per heavy atom. The van der Waals surface area contributed by atoms with Crippen molar-refractivity contribution in [3.63, 3.8) is 0 Å². The Balaban J connectivity index is 1.42. The van der Waals surface area contributed by atoms with Gasteiger partial charge in [0, 0.05) is 19.0 Å². The van der Waals surface area contributed by atoms with E-state index >= 15 is 0 Å². The number of benzene rings is 1. The largest absolute Gasteiger partial charge is 0.342 e. The fourth-order valence-electron chi connectivity index (χ4n) is 3.27. The number of para-hydroxylation sites is 2. The number of aromatic nitrogens is 2. The molecule has 21 heavy (non-hydrogen) atoms. The lowest BCUT2D eigenvalue weighted by molar-refractivity contribution is -0.140. The van der Waals surface area contributed by atoms with Crippen LogP contribution in [0.25, 0.3) is 11.0 Å². The zero-order valence-corrected chi connectivity index (χ0v) is 12.0. The van der Waals surface area contributed by atoms with Crippen LogP contribution in [0.2, 0.25) is 0 Å². The van der Waals surface area contributed by atoms with Crippen LogP contribution in [-0.2, 0) is 4.79 Å². The van der Waals surface area contributed by atoms with Crippen LogP contribution in [0.3, 0.4) is 0 Å². The highest BCUT2D eigenvalue weighted by molar-refractivity contribution is 5.80. The molecule has 1 aliphatic carbocycles. The van der Waals surface area contributed by atoms with Gasteiger partial charge in [-0.15, -0.1) is 0 Å². The molecule has 4 rings (SSSR count). The highest BCUT2D eigenvalue weighted by atomic mass is 16.2. The number of allylic oxidation sites excluding steroid dienone is 2. The lowest BCUT2D eigenvalue weighted by Gasteiger charge is -2.40. The number of amides is 1. The van der Waals surface area contributed by atoms with Gasteiger partial charge < -0.3 is 9.88 Å². The summed E-state index contributed by atoms with van der Waals surface area (Å²) in [5, 5.41) is 0. The van der Waals surface area contributed by atoms with Crippen molar-refractivity contribution in [1.82, 2.24) is 14.9 Å². The van der Waals surface area contributed by atoms with Gasteiger partial charge in [-0.2, -0.15) is 0 Å². The molecule has 1 aliphatic heterocycles. The normalized spacial score (nSPS) is 22.5. The molecule has 1 amide bonds. The monoisotopic (exact) mass is 281 g/mol. The summed E-state index contributed by atoms with van der Waals surface area (Å²) < 4.78 is 0. The fraction of sp³-hybridized carbons (Fsp3) is 0.412. The van der Waals surface area contributed by atoms with Crippen molar-refractivity contribution in [2.24, 2.45) is 5.92 Å². The Kier molecular flexibility index (Phi) is 3.02. The molecule has 4 heteroatoms. The van der Waals surface area contributed by atoms with Gasteiger partial charge >= 0.3 is 0 Å². The Labute approximate surface area is 123 Å². The van der Waals surface area contributed by atoms with Crippen LogP contribution in [0.1, 0.15) is 31.0 Å². The van der Waals surface area contributed by atoms with Crippen LogP contribution in [-0.4, -0.2) is 33.9 Å². The van der Waals surface area contributed by atoms with Crippen molar-refractivity contribution in [2.75, 3.05) is 13.1 Å². The van der Waals surface area contributed by atoms with Crippen LogP contribution in [0.4, 0.5) is 0 Å². The molecule has 1 atom stereocenters.